The summed E-state index contributed by atoms with van der Waals surface area (Å²) in [7, 11) is 0. The monoisotopic (exact) mass is 258 g/mol. The highest BCUT2D eigenvalue weighted by atomic mass is 15.6. The predicted octanol–water partition coefficient (Wildman–Crippen LogP) is 0.836. The van der Waals surface area contributed by atoms with Crippen LogP contribution in [0, 0.1) is 5.92 Å². The van der Waals surface area contributed by atoms with E-state index in [0.717, 1.165) is 31.1 Å². The molecule has 0 aliphatic carbocycles. The number of tetrazole rings is 1. The van der Waals surface area contributed by atoms with Gasteiger partial charge in [0.15, 0.2) is 0 Å². The van der Waals surface area contributed by atoms with E-state index in [4.69, 9.17) is 5.73 Å². The molecule has 100 valence electrons. The zero-order valence-corrected chi connectivity index (χ0v) is 11.0. The van der Waals surface area contributed by atoms with E-state index in [1.165, 1.54) is 0 Å². The van der Waals surface area contributed by atoms with Gasteiger partial charge in [0, 0.05) is 19.1 Å². The van der Waals surface area contributed by atoms with Crippen LogP contribution < -0.4 is 10.6 Å². The molecule has 2 heterocycles. The van der Waals surface area contributed by atoms with Gasteiger partial charge in [-0.15, -0.1) is 0 Å². The number of hydrogen-bond acceptors (Lipinski definition) is 5. The summed E-state index contributed by atoms with van der Waals surface area (Å²) in [5, 5.41) is 12.0. The van der Waals surface area contributed by atoms with Crippen LogP contribution in [0.3, 0.4) is 0 Å². The van der Waals surface area contributed by atoms with Gasteiger partial charge in [-0.05, 0) is 34.9 Å². The molecule has 6 heteroatoms. The number of para-hydroxylation sites is 1. The van der Waals surface area contributed by atoms with E-state index in [9.17, 15) is 0 Å². The molecule has 0 amide bonds. The quantitative estimate of drug-likeness (QED) is 0.864. The molecule has 3 rings (SSSR count). The fraction of sp³-hybridized carbons (Fsp3) is 0.462. The van der Waals surface area contributed by atoms with Gasteiger partial charge in [-0.2, -0.15) is 4.68 Å². The van der Waals surface area contributed by atoms with Crippen LogP contribution in [0.15, 0.2) is 30.3 Å². The number of rotatable bonds is 2. The molecule has 1 aromatic heterocycles. The standard InChI is InChI=1S/C13H18N6/c1-10-7-8-18(9-12(10)14)13-15-16-17-19(13)11-5-3-2-4-6-11/h2-6,10,12H,7-9,14H2,1H3. The first kappa shape index (κ1) is 12.1. The lowest BCUT2D eigenvalue weighted by Crippen LogP contribution is -2.48. The minimum absolute atomic E-state index is 0.176. The minimum atomic E-state index is 0.176. The van der Waals surface area contributed by atoms with E-state index >= 15 is 0 Å². The summed E-state index contributed by atoms with van der Waals surface area (Å²) < 4.78 is 1.77. The second-order valence-corrected chi connectivity index (χ2v) is 5.10. The van der Waals surface area contributed by atoms with Crippen LogP contribution >= 0.6 is 0 Å². The summed E-state index contributed by atoms with van der Waals surface area (Å²) in [5.41, 5.74) is 7.11. The lowest BCUT2D eigenvalue weighted by atomic mass is 9.94. The van der Waals surface area contributed by atoms with Crippen molar-refractivity contribution in [1.29, 1.82) is 0 Å². The molecule has 2 aromatic rings. The smallest absolute Gasteiger partial charge is 0.250 e. The summed E-state index contributed by atoms with van der Waals surface area (Å²) >= 11 is 0. The predicted molar refractivity (Wildman–Crippen MR) is 73.1 cm³/mol. The first-order valence-corrected chi connectivity index (χ1v) is 6.60. The molecule has 2 unspecified atom stereocenters. The number of nitrogens with zero attached hydrogens (tertiary/aromatic N) is 5. The molecule has 1 aromatic carbocycles. The molecule has 1 aliphatic rings. The minimum Gasteiger partial charge on any atom is -0.338 e. The lowest BCUT2D eigenvalue weighted by molar-refractivity contribution is 0.375. The molecule has 19 heavy (non-hydrogen) atoms. The largest absolute Gasteiger partial charge is 0.338 e. The maximum atomic E-state index is 6.14. The third-order valence-electron chi connectivity index (χ3n) is 3.75. The van der Waals surface area contributed by atoms with Gasteiger partial charge in [0.05, 0.1) is 5.69 Å². The van der Waals surface area contributed by atoms with Crippen molar-refractivity contribution in [3.63, 3.8) is 0 Å². The second kappa shape index (κ2) is 4.97. The van der Waals surface area contributed by atoms with Gasteiger partial charge in [0.1, 0.15) is 0 Å². The average Bonchev–Trinajstić information content (AvgIpc) is 2.92. The van der Waals surface area contributed by atoms with E-state index in [1.807, 2.05) is 30.3 Å². The summed E-state index contributed by atoms with van der Waals surface area (Å²) in [6.07, 6.45) is 1.07. The molecular formula is C13H18N6. The fourth-order valence-electron chi connectivity index (χ4n) is 2.40. The molecule has 2 N–H and O–H groups in total. The third-order valence-corrected chi connectivity index (χ3v) is 3.75. The number of anilines is 1. The maximum absolute atomic E-state index is 6.14. The Morgan fingerprint density at radius 2 is 2.05 bits per heavy atom. The first-order valence-electron chi connectivity index (χ1n) is 6.60. The fourth-order valence-corrected chi connectivity index (χ4v) is 2.40. The summed E-state index contributed by atoms with van der Waals surface area (Å²) in [6, 6.07) is 10.1. The van der Waals surface area contributed by atoms with Crippen LogP contribution in [-0.4, -0.2) is 39.3 Å². The number of piperidine rings is 1. The molecule has 1 saturated heterocycles. The lowest BCUT2D eigenvalue weighted by Gasteiger charge is -2.35. The Labute approximate surface area is 112 Å². The van der Waals surface area contributed by atoms with Crippen molar-refractivity contribution >= 4 is 5.95 Å². The maximum Gasteiger partial charge on any atom is 0.250 e. The van der Waals surface area contributed by atoms with Crippen LogP contribution in [-0.2, 0) is 0 Å². The molecule has 6 nitrogen and oxygen atoms in total. The Morgan fingerprint density at radius 3 is 2.79 bits per heavy atom. The van der Waals surface area contributed by atoms with Gasteiger partial charge in [-0.1, -0.05) is 30.2 Å². The topological polar surface area (TPSA) is 72.9 Å². The van der Waals surface area contributed by atoms with Crippen molar-refractivity contribution in [3.05, 3.63) is 30.3 Å². The van der Waals surface area contributed by atoms with Crippen molar-refractivity contribution in [2.24, 2.45) is 11.7 Å². The van der Waals surface area contributed by atoms with Gasteiger partial charge in [-0.3, -0.25) is 0 Å². The highest BCUT2D eigenvalue weighted by Crippen LogP contribution is 2.22. The van der Waals surface area contributed by atoms with Crippen molar-refractivity contribution in [3.8, 4) is 5.69 Å². The van der Waals surface area contributed by atoms with Crippen LogP contribution in [0.1, 0.15) is 13.3 Å². The molecule has 0 spiro atoms. The van der Waals surface area contributed by atoms with Gasteiger partial charge in [0.2, 0.25) is 5.95 Å². The molecule has 0 radical (unpaired) electrons. The number of aromatic nitrogens is 4. The van der Waals surface area contributed by atoms with Crippen LogP contribution in [0.2, 0.25) is 0 Å². The normalized spacial score (nSPS) is 23.6. The van der Waals surface area contributed by atoms with Crippen molar-refractivity contribution in [1.82, 2.24) is 20.2 Å². The third kappa shape index (κ3) is 2.31. The van der Waals surface area contributed by atoms with Gasteiger partial charge in [0.25, 0.3) is 0 Å². The Balaban J connectivity index is 1.89. The zero-order chi connectivity index (χ0) is 13.2. The van der Waals surface area contributed by atoms with E-state index in [2.05, 4.69) is 27.3 Å². The Bertz CT molecular complexity index is 537. The highest BCUT2D eigenvalue weighted by Gasteiger charge is 2.26. The Kier molecular flexibility index (Phi) is 3.16. The molecule has 0 saturated carbocycles. The number of benzene rings is 1. The first-order chi connectivity index (χ1) is 9.25. The molecule has 1 aliphatic heterocycles. The van der Waals surface area contributed by atoms with Crippen LogP contribution in [0.25, 0.3) is 5.69 Å². The van der Waals surface area contributed by atoms with E-state index in [1.54, 1.807) is 4.68 Å². The average molecular weight is 258 g/mol. The molecule has 2 atom stereocenters. The number of nitrogens with two attached hydrogens (primary N) is 1. The van der Waals surface area contributed by atoms with Crippen molar-refractivity contribution < 1.29 is 0 Å². The second-order valence-electron chi connectivity index (χ2n) is 5.10. The summed E-state index contributed by atoms with van der Waals surface area (Å²) in [5.74, 6) is 1.32. The number of hydrogen-bond donors (Lipinski definition) is 1. The van der Waals surface area contributed by atoms with E-state index in [0.29, 0.717) is 5.92 Å². The van der Waals surface area contributed by atoms with Crippen LogP contribution in [0.5, 0.6) is 0 Å². The Hall–Kier alpha value is -1.95. The van der Waals surface area contributed by atoms with Crippen molar-refractivity contribution in [2.75, 3.05) is 18.0 Å². The molecule has 1 fully saturated rings. The zero-order valence-electron chi connectivity index (χ0n) is 11.0. The van der Waals surface area contributed by atoms with Crippen LogP contribution in [0.4, 0.5) is 5.95 Å². The Morgan fingerprint density at radius 1 is 1.26 bits per heavy atom. The molecular weight excluding hydrogens is 240 g/mol. The van der Waals surface area contributed by atoms with E-state index in [-0.39, 0.29) is 6.04 Å². The van der Waals surface area contributed by atoms with Gasteiger partial charge in [-0.25, -0.2) is 0 Å². The van der Waals surface area contributed by atoms with Gasteiger partial charge >= 0.3 is 0 Å². The molecule has 0 bridgehead atoms. The van der Waals surface area contributed by atoms with Crippen molar-refractivity contribution in [2.45, 2.75) is 19.4 Å². The van der Waals surface area contributed by atoms with E-state index < -0.39 is 0 Å². The highest BCUT2D eigenvalue weighted by molar-refractivity contribution is 5.41. The summed E-state index contributed by atoms with van der Waals surface area (Å²) in [4.78, 5) is 2.16. The SMILES string of the molecule is CC1CCN(c2nnnn2-c2ccccc2)CC1N. The summed E-state index contributed by atoms with van der Waals surface area (Å²) in [6.45, 7) is 3.94. The van der Waals surface area contributed by atoms with Gasteiger partial charge < -0.3 is 10.6 Å².